The maximum absolute atomic E-state index is 12.1. The molecule has 0 aliphatic rings. The number of nitrogens with zero attached hydrogens (tertiary/aromatic N) is 2. The molecule has 1 aromatic rings. The van der Waals surface area contributed by atoms with Crippen LogP contribution in [0.5, 0.6) is 0 Å². The minimum absolute atomic E-state index is 0.0119. The van der Waals surface area contributed by atoms with Crippen LogP contribution < -0.4 is 5.73 Å². The number of carbonyl (C=O) groups excluding carboxylic acids is 1. The molecule has 0 spiro atoms. The summed E-state index contributed by atoms with van der Waals surface area (Å²) in [6.07, 6.45) is 3.28. The average molecular weight is 263 g/mol. The Bertz CT molecular complexity index is 441. The Balaban J connectivity index is 2.67. The Hall–Kier alpha value is -2.04. The highest BCUT2D eigenvalue weighted by molar-refractivity contribution is 5.99. The molecule has 0 bridgehead atoms. The van der Waals surface area contributed by atoms with E-state index in [1.165, 1.54) is 0 Å². The fourth-order valence-electron chi connectivity index (χ4n) is 1.76. The number of nitrogens with two attached hydrogens (primary N) is 1. The van der Waals surface area contributed by atoms with Gasteiger partial charge in [-0.3, -0.25) is 4.79 Å². The van der Waals surface area contributed by atoms with Crippen LogP contribution in [0.3, 0.4) is 0 Å². The fraction of sp³-hybridized carbons (Fsp3) is 0.429. The topological polar surface area (TPSA) is 78.9 Å². The highest BCUT2D eigenvalue weighted by Crippen LogP contribution is 2.08. The van der Waals surface area contributed by atoms with Crippen molar-refractivity contribution in [2.75, 3.05) is 13.6 Å². The van der Waals surface area contributed by atoms with Crippen LogP contribution in [0, 0.1) is 0 Å². The highest BCUT2D eigenvalue weighted by atomic mass is 16.4. The van der Waals surface area contributed by atoms with Gasteiger partial charge in [-0.15, -0.1) is 0 Å². The number of amides is 1. The lowest BCUT2D eigenvalue weighted by atomic mass is 10.1. The summed E-state index contributed by atoms with van der Waals surface area (Å²) in [5, 5.41) is 11.5. The molecule has 0 aliphatic carbocycles. The third kappa shape index (κ3) is 4.28. The van der Waals surface area contributed by atoms with Gasteiger partial charge in [0.05, 0.1) is 0 Å². The first kappa shape index (κ1) is 15.0. The Morgan fingerprint density at radius 2 is 1.84 bits per heavy atom. The number of amidine groups is 1. The fourth-order valence-corrected chi connectivity index (χ4v) is 1.76. The lowest BCUT2D eigenvalue weighted by molar-refractivity contribution is 0.0792. The van der Waals surface area contributed by atoms with Crippen molar-refractivity contribution in [2.45, 2.75) is 26.2 Å². The maximum atomic E-state index is 12.1. The summed E-state index contributed by atoms with van der Waals surface area (Å²) in [5.74, 6) is 0.0254. The number of carbonyl (C=O) groups is 1. The van der Waals surface area contributed by atoms with E-state index in [1.807, 2.05) is 0 Å². The molecule has 5 heteroatoms. The van der Waals surface area contributed by atoms with Crippen LogP contribution in [0.4, 0.5) is 0 Å². The second kappa shape index (κ2) is 7.41. The lowest BCUT2D eigenvalue weighted by Crippen LogP contribution is -2.27. The van der Waals surface area contributed by atoms with Crippen LogP contribution in [-0.2, 0) is 0 Å². The van der Waals surface area contributed by atoms with Gasteiger partial charge in [0.2, 0.25) is 0 Å². The smallest absolute Gasteiger partial charge is 0.253 e. The van der Waals surface area contributed by atoms with Gasteiger partial charge < -0.3 is 15.8 Å². The van der Waals surface area contributed by atoms with Crippen molar-refractivity contribution in [2.24, 2.45) is 10.9 Å². The number of oxime groups is 1. The van der Waals surface area contributed by atoms with Gasteiger partial charge in [-0.2, -0.15) is 0 Å². The number of hydrogen-bond acceptors (Lipinski definition) is 3. The van der Waals surface area contributed by atoms with Gasteiger partial charge in [0.1, 0.15) is 0 Å². The first-order valence-corrected chi connectivity index (χ1v) is 6.43. The predicted molar refractivity (Wildman–Crippen MR) is 75.4 cm³/mol. The summed E-state index contributed by atoms with van der Waals surface area (Å²) in [4.78, 5) is 13.8. The van der Waals surface area contributed by atoms with Crippen molar-refractivity contribution in [3.63, 3.8) is 0 Å². The van der Waals surface area contributed by atoms with E-state index in [0.717, 1.165) is 25.8 Å². The Kier molecular flexibility index (Phi) is 5.85. The maximum Gasteiger partial charge on any atom is 0.253 e. The minimum atomic E-state index is -0.0119. The molecule has 0 unspecified atom stereocenters. The molecule has 1 amide bonds. The van der Waals surface area contributed by atoms with Crippen LogP contribution in [0.15, 0.2) is 29.4 Å². The summed E-state index contributed by atoms with van der Waals surface area (Å²) in [6.45, 7) is 2.89. The Labute approximate surface area is 113 Å². The van der Waals surface area contributed by atoms with Crippen molar-refractivity contribution in [1.29, 1.82) is 0 Å². The molecular weight excluding hydrogens is 242 g/mol. The molecule has 0 fully saturated rings. The average Bonchev–Trinajstić information content (AvgIpc) is 2.46. The largest absolute Gasteiger partial charge is 0.409 e. The van der Waals surface area contributed by atoms with E-state index in [1.54, 1.807) is 36.2 Å². The molecule has 0 atom stereocenters. The van der Waals surface area contributed by atoms with Crippen LogP contribution in [0.1, 0.15) is 42.1 Å². The summed E-state index contributed by atoms with van der Waals surface area (Å²) < 4.78 is 0. The molecule has 3 N–H and O–H groups in total. The highest BCUT2D eigenvalue weighted by Gasteiger charge is 2.11. The third-order valence-electron chi connectivity index (χ3n) is 2.98. The first-order valence-electron chi connectivity index (χ1n) is 6.43. The molecule has 0 radical (unpaired) electrons. The third-order valence-corrected chi connectivity index (χ3v) is 2.98. The van der Waals surface area contributed by atoms with Crippen molar-refractivity contribution in [3.8, 4) is 0 Å². The van der Waals surface area contributed by atoms with Gasteiger partial charge in [-0.1, -0.05) is 37.1 Å². The molecule has 0 saturated carbocycles. The van der Waals surface area contributed by atoms with E-state index in [0.29, 0.717) is 11.1 Å². The summed E-state index contributed by atoms with van der Waals surface area (Å²) >= 11 is 0. The monoisotopic (exact) mass is 263 g/mol. The molecule has 19 heavy (non-hydrogen) atoms. The van der Waals surface area contributed by atoms with Crippen LogP contribution in [0.2, 0.25) is 0 Å². The van der Waals surface area contributed by atoms with Gasteiger partial charge in [-0.05, 0) is 18.6 Å². The molecular formula is C14H21N3O2. The van der Waals surface area contributed by atoms with E-state index in [2.05, 4.69) is 12.1 Å². The van der Waals surface area contributed by atoms with E-state index in [-0.39, 0.29) is 11.7 Å². The number of hydrogen-bond donors (Lipinski definition) is 2. The number of rotatable bonds is 6. The number of unbranched alkanes of at least 4 members (excludes halogenated alkanes) is 2. The Morgan fingerprint density at radius 3 is 2.37 bits per heavy atom. The second-order valence-corrected chi connectivity index (χ2v) is 4.50. The van der Waals surface area contributed by atoms with Gasteiger partial charge in [-0.25, -0.2) is 0 Å². The molecule has 0 heterocycles. The van der Waals surface area contributed by atoms with Gasteiger partial charge >= 0.3 is 0 Å². The molecule has 0 aromatic heterocycles. The summed E-state index contributed by atoms with van der Waals surface area (Å²) in [7, 11) is 1.80. The minimum Gasteiger partial charge on any atom is -0.409 e. The summed E-state index contributed by atoms with van der Waals surface area (Å²) in [6, 6.07) is 6.71. The van der Waals surface area contributed by atoms with Gasteiger partial charge in [0, 0.05) is 24.7 Å². The van der Waals surface area contributed by atoms with E-state index >= 15 is 0 Å². The standard InChI is InChI=1S/C14H21N3O2/c1-3-4-5-10-17(2)14(18)12-8-6-11(7-9-12)13(15)16-19/h6-9,19H,3-5,10H2,1-2H3,(H2,15,16). The molecule has 0 aliphatic heterocycles. The molecule has 104 valence electrons. The first-order chi connectivity index (χ1) is 9.10. The molecule has 0 saturated heterocycles. The zero-order valence-corrected chi connectivity index (χ0v) is 11.5. The predicted octanol–water partition coefficient (Wildman–Crippen LogP) is 2.04. The van der Waals surface area contributed by atoms with E-state index < -0.39 is 0 Å². The van der Waals surface area contributed by atoms with Crippen molar-refractivity contribution < 1.29 is 10.0 Å². The zero-order chi connectivity index (χ0) is 14.3. The summed E-state index contributed by atoms with van der Waals surface area (Å²) in [5.41, 5.74) is 6.66. The Morgan fingerprint density at radius 1 is 1.26 bits per heavy atom. The molecule has 1 rings (SSSR count). The number of benzene rings is 1. The zero-order valence-electron chi connectivity index (χ0n) is 11.5. The van der Waals surface area contributed by atoms with Crippen molar-refractivity contribution >= 4 is 11.7 Å². The second-order valence-electron chi connectivity index (χ2n) is 4.50. The normalized spacial score (nSPS) is 11.4. The van der Waals surface area contributed by atoms with E-state index in [9.17, 15) is 4.79 Å². The van der Waals surface area contributed by atoms with Crippen molar-refractivity contribution in [1.82, 2.24) is 4.90 Å². The molecule has 1 aromatic carbocycles. The van der Waals surface area contributed by atoms with Crippen LogP contribution >= 0.6 is 0 Å². The quantitative estimate of drug-likeness (QED) is 0.271. The SMILES string of the molecule is CCCCCN(C)C(=O)c1ccc(/C(N)=N/O)cc1. The van der Waals surface area contributed by atoms with Crippen molar-refractivity contribution in [3.05, 3.63) is 35.4 Å². The van der Waals surface area contributed by atoms with Crippen LogP contribution in [0.25, 0.3) is 0 Å². The van der Waals surface area contributed by atoms with E-state index in [4.69, 9.17) is 10.9 Å². The van der Waals surface area contributed by atoms with Crippen LogP contribution in [-0.4, -0.2) is 35.4 Å². The van der Waals surface area contributed by atoms with Gasteiger partial charge in [0.15, 0.2) is 5.84 Å². The molecule has 5 nitrogen and oxygen atoms in total. The lowest BCUT2D eigenvalue weighted by Gasteiger charge is -2.17. The van der Waals surface area contributed by atoms with Gasteiger partial charge in [0.25, 0.3) is 5.91 Å².